The monoisotopic (exact) mass is 403 g/mol. The number of anilines is 4. The van der Waals surface area contributed by atoms with Crippen LogP contribution in [-0.4, -0.2) is 11.5 Å². The van der Waals surface area contributed by atoms with E-state index in [0.29, 0.717) is 11.3 Å². The highest BCUT2D eigenvalue weighted by Crippen LogP contribution is 2.40. The van der Waals surface area contributed by atoms with E-state index < -0.39 is 0 Å². The second-order valence-corrected chi connectivity index (χ2v) is 7.34. The minimum Gasteiger partial charge on any atom is -0.309 e. The maximum absolute atomic E-state index is 13.3. The molecule has 150 valence electrons. The van der Waals surface area contributed by atoms with Gasteiger partial charge in [-0.15, -0.1) is 0 Å². The summed E-state index contributed by atoms with van der Waals surface area (Å²) in [4.78, 5) is 15.5. The van der Waals surface area contributed by atoms with Crippen molar-refractivity contribution in [1.29, 1.82) is 0 Å². The van der Waals surface area contributed by atoms with Crippen LogP contribution in [0.15, 0.2) is 114 Å². The van der Waals surface area contributed by atoms with Crippen molar-refractivity contribution in [2.45, 2.75) is 6.42 Å². The van der Waals surface area contributed by atoms with Crippen molar-refractivity contribution >= 4 is 34.2 Å². The zero-order valence-corrected chi connectivity index (χ0v) is 16.9. The third kappa shape index (κ3) is 3.71. The Morgan fingerprint density at radius 2 is 1.19 bits per heavy atom. The Bertz CT molecular complexity index is 1250. The predicted octanol–water partition coefficient (Wildman–Crippen LogP) is 6.56. The van der Waals surface area contributed by atoms with E-state index in [9.17, 15) is 4.79 Å². The number of ketones is 1. The summed E-state index contributed by atoms with van der Waals surface area (Å²) in [6.07, 6.45) is 0.219. The van der Waals surface area contributed by atoms with Gasteiger partial charge in [-0.1, -0.05) is 66.7 Å². The average molecular weight is 403 g/mol. The zero-order chi connectivity index (χ0) is 21.0. The van der Waals surface area contributed by atoms with E-state index in [1.165, 1.54) is 0 Å². The van der Waals surface area contributed by atoms with Gasteiger partial charge in [0.1, 0.15) is 0 Å². The molecule has 1 aliphatic rings. The Kier molecular flexibility index (Phi) is 5.03. The molecule has 1 aliphatic heterocycles. The molecule has 0 atom stereocenters. The number of carbonyl (C=O) groups excluding carboxylic acids is 1. The van der Waals surface area contributed by atoms with Crippen LogP contribution in [0.4, 0.5) is 22.7 Å². The number of nitrogens with zero attached hydrogens (tertiary/aromatic N) is 2. The van der Waals surface area contributed by atoms with Crippen molar-refractivity contribution in [3.63, 3.8) is 0 Å². The van der Waals surface area contributed by atoms with Gasteiger partial charge in [-0.05, 0) is 42.5 Å². The zero-order valence-electron chi connectivity index (χ0n) is 16.9. The number of para-hydroxylation sites is 4. The lowest BCUT2D eigenvalue weighted by atomic mass is 9.94. The Morgan fingerprint density at radius 3 is 1.90 bits per heavy atom. The highest BCUT2D eigenvalue weighted by atomic mass is 16.1. The first-order valence-electron chi connectivity index (χ1n) is 10.3. The molecule has 1 N–H and O–H groups in total. The highest BCUT2D eigenvalue weighted by molar-refractivity contribution is 6.21. The van der Waals surface area contributed by atoms with Gasteiger partial charge >= 0.3 is 0 Å². The number of benzene rings is 4. The average Bonchev–Trinajstić information content (AvgIpc) is 2.83. The summed E-state index contributed by atoms with van der Waals surface area (Å²) in [6, 6.07) is 35.8. The van der Waals surface area contributed by atoms with Gasteiger partial charge in [-0.3, -0.25) is 10.2 Å². The SMILES string of the molecule is O=C1C/C(=N/Nc2ccccc2)c2ccccc2N(c2ccccc2)c2ccccc21. The third-order valence-corrected chi connectivity index (χ3v) is 5.34. The fraction of sp³-hybridized carbons (Fsp3) is 0.0370. The van der Waals surface area contributed by atoms with Gasteiger partial charge in [0, 0.05) is 16.8 Å². The fourth-order valence-electron chi connectivity index (χ4n) is 3.89. The first-order valence-corrected chi connectivity index (χ1v) is 10.3. The summed E-state index contributed by atoms with van der Waals surface area (Å²) < 4.78 is 0. The highest BCUT2D eigenvalue weighted by Gasteiger charge is 2.27. The van der Waals surface area contributed by atoms with E-state index in [0.717, 1.165) is 28.3 Å². The molecule has 4 aromatic carbocycles. The van der Waals surface area contributed by atoms with Gasteiger partial charge in [0.15, 0.2) is 5.78 Å². The second kappa shape index (κ2) is 8.28. The first-order chi connectivity index (χ1) is 15.3. The van der Waals surface area contributed by atoms with Crippen LogP contribution >= 0.6 is 0 Å². The van der Waals surface area contributed by atoms with Crippen LogP contribution in [0.2, 0.25) is 0 Å². The topological polar surface area (TPSA) is 44.7 Å². The summed E-state index contributed by atoms with van der Waals surface area (Å²) >= 11 is 0. The molecule has 0 radical (unpaired) electrons. The number of hydrazone groups is 1. The molecule has 0 amide bonds. The van der Waals surface area contributed by atoms with Gasteiger partial charge in [-0.2, -0.15) is 5.10 Å². The molecule has 0 unspecified atom stereocenters. The minimum atomic E-state index is 0.0413. The summed E-state index contributed by atoms with van der Waals surface area (Å²) in [5.74, 6) is 0.0413. The number of fused-ring (bicyclic) bond motifs is 2. The molecule has 1 heterocycles. The van der Waals surface area contributed by atoms with Crippen LogP contribution in [0, 0.1) is 0 Å². The maximum atomic E-state index is 13.3. The molecule has 4 nitrogen and oxygen atoms in total. The number of Topliss-reactive ketones (excluding diaryl/α,β-unsaturated/α-hetero) is 1. The number of nitrogens with one attached hydrogen (secondary N) is 1. The van der Waals surface area contributed by atoms with Crippen molar-refractivity contribution in [3.8, 4) is 0 Å². The Labute approximate surface area is 181 Å². The Hall–Kier alpha value is -4.18. The molecular weight excluding hydrogens is 382 g/mol. The van der Waals surface area contributed by atoms with E-state index in [1.54, 1.807) is 0 Å². The lowest BCUT2D eigenvalue weighted by Crippen LogP contribution is -2.23. The Morgan fingerprint density at radius 1 is 0.645 bits per heavy atom. The molecule has 4 aromatic rings. The first kappa shape index (κ1) is 18.8. The molecule has 0 fully saturated rings. The quantitative estimate of drug-likeness (QED) is 0.394. The van der Waals surface area contributed by atoms with Crippen molar-refractivity contribution in [2.24, 2.45) is 5.10 Å². The molecule has 0 spiro atoms. The smallest absolute Gasteiger partial charge is 0.171 e. The molecule has 0 aliphatic carbocycles. The van der Waals surface area contributed by atoms with Gasteiger partial charge in [-0.25, -0.2) is 0 Å². The number of hydrogen-bond donors (Lipinski definition) is 1. The third-order valence-electron chi connectivity index (χ3n) is 5.34. The second-order valence-electron chi connectivity index (χ2n) is 7.34. The van der Waals surface area contributed by atoms with E-state index in [-0.39, 0.29) is 12.2 Å². The molecule has 0 aromatic heterocycles. The van der Waals surface area contributed by atoms with Gasteiger partial charge in [0.2, 0.25) is 0 Å². The largest absolute Gasteiger partial charge is 0.309 e. The number of hydrogen-bond acceptors (Lipinski definition) is 4. The number of carbonyl (C=O) groups is 1. The normalized spacial score (nSPS) is 14.4. The summed E-state index contributed by atoms with van der Waals surface area (Å²) in [7, 11) is 0. The van der Waals surface area contributed by atoms with Crippen LogP contribution in [0.3, 0.4) is 0 Å². The molecule has 4 heteroatoms. The molecule has 5 rings (SSSR count). The van der Waals surface area contributed by atoms with Crippen LogP contribution in [-0.2, 0) is 0 Å². The summed E-state index contributed by atoms with van der Waals surface area (Å²) in [6.45, 7) is 0. The Balaban J connectivity index is 1.71. The van der Waals surface area contributed by atoms with E-state index in [1.807, 2.05) is 91.0 Å². The van der Waals surface area contributed by atoms with Crippen molar-refractivity contribution in [2.75, 3.05) is 10.3 Å². The van der Waals surface area contributed by atoms with Gasteiger partial charge in [0.05, 0.1) is 29.2 Å². The van der Waals surface area contributed by atoms with Crippen LogP contribution in [0.1, 0.15) is 22.3 Å². The summed E-state index contributed by atoms with van der Waals surface area (Å²) in [5.41, 5.74) is 9.18. The maximum Gasteiger partial charge on any atom is 0.171 e. The molecular formula is C27H21N3O. The standard InChI is InChI=1S/C27H21N3O/c31-27-19-24(29-28-20-11-3-1-4-12-20)22-15-7-9-17-25(22)30(21-13-5-2-6-14-21)26-18-10-8-16-23(26)27/h1-18,28H,19H2/b29-24-. The van der Waals surface area contributed by atoms with Crippen LogP contribution in [0.25, 0.3) is 0 Å². The van der Waals surface area contributed by atoms with Crippen LogP contribution < -0.4 is 10.3 Å². The summed E-state index contributed by atoms with van der Waals surface area (Å²) in [5, 5.41) is 4.67. The lowest BCUT2D eigenvalue weighted by Gasteiger charge is -2.31. The number of rotatable bonds is 3. The van der Waals surface area contributed by atoms with Crippen molar-refractivity contribution in [3.05, 3.63) is 120 Å². The van der Waals surface area contributed by atoms with Gasteiger partial charge in [0.25, 0.3) is 0 Å². The van der Waals surface area contributed by atoms with Crippen molar-refractivity contribution in [1.82, 2.24) is 0 Å². The molecule has 31 heavy (non-hydrogen) atoms. The molecule has 0 saturated heterocycles. The molecule has 0 saturated carbocycles. The van der Waals surface area contributed by atoms with E-state index >= 15 is 0 Å². The fourth-order valence-corrected chi connectivity index (χ4v) is 3.89. The van der Waals surface area contributed by atoms with E-state index in [4.69, 9.17) is 0 Å². The lowest BCUT2D eigenvalue weighted by molar-refractivity contribution is 0.100. The minimum absolute atomic E-state index is 0.0413. The molecule has 0 bridgehead atoms. The predicted molar refractivity (Wildman–Crippen MR) is 127 cm³/mol. The van der Waals surface area contributed by atoms with E-state index in [2.05, 4.69) is 33.6 Å². The van der Waals surface area contributed by atoms with Crippen LogP contribution in [0.5, 0.6) is 0 Å². The van der Waals surface area contributed by atoms with Crippen molar-refractivity contribution < 1.29 is 4.79 Å². The van der Waals surface area contributed by atoms with Gasteiger partial charge < -0.3 is 4.90 Å².